The number of aryl methyl sites for hydroxylation is 2. The predicted molar refractivity (Wildman–Crippen MR) is 50.6 cm³/mol. The van der Waals surface area contributed by atoms with Gasteiger partial charge in [0, 0.05) is 27.5 Å². The minimum atomic E-state index is 0.0920. The third-order valence-electron chi connectivity index (χ3n) is 1.80. The molecule has 3 N–H and O–H groups in total. The van der Waals surface area contributed by atoms with Crippen LogP contribution < -0.4 is 5.73 Å². The first kappa shape index (κ1) is 8.81. The van der Waals surface area contributed by atoms with Gasteiger partial charge in [-0.05, 0) is 36.7 Å². The maximum absolute atomic E-state index is 5.78. The average molecular weight is 217 g/mol. The van der Waals surface area contributed by atoms with Gasteiger partial charge in [0.25, 0.3) is 0 Å². The molecule has 0 amide bonds. The van der Waals surface area contributed by atoms with E-state index in [-0.39, 0.29) is 6.04 Å². The topological polar surface area (TPSA) is 41.8 Å². The molecule has 1 atom stereocenters. The van der Waals surface area contributed by atoms with Crippen LogP contribution in [0.15, 0.2) is 4.47 Å². The first-order valence-corrected chi connectivity index (χ1v) is 4.43. The van der Waals surface area contributed by atoms with Crippen molar-refractivity contribution in [2.75, 3.05) is 0 Å². The number of aromatic nitrogens is 1. The summed E-state index contributed by atoms with van der Waals surface area (Å²) >= 11 is 3.49. The maximum Gasteiger partial charge on any atom is 0.0430 e. The highest BCUT2D eigenvalue weighted by atomic mass is 79.9. The van der Waals surface area contributed by atoms with Gasteiger partial charge in [0.05, 0.1) is 0 Å². The molecule has 0 fully saturated rings. The first-order valence-electron chi connectivity index (χ1n) is 3.64. The Bertz CT molecular complexity index is 263. The molecule has 1 heterocycles. The van der Waals surface area contributed by atoms with Gasteiger partial charge in [-0.25, -0.2) is 0 Å². The van der Waals surface area contributed by atoms with Crippen LogP contribution in [0.5, 0.6) is 0 Å². The van der Waals surface area contributed by atoms with Gasteiger partial charge in [-0.3, -0.25) is 0 Å². The summed E-state index contributed by atoms with van der Waals surface area (Å²) in [5.74, 6) is 0. The molecule has 62 valence electrons. The van der Waals surface area contributed by atoms with Gasteiger partial charge in [0.15, 0.2) is 0 Å². The van der Waals surface area contributed by atoms with E-state index in [1.165, 1.54) is 5.56 Å². The van der Waals surface area contributed by atoms with Crippen LogP contribution in [0.25, 0.3) is 0 Å². The lowest BCUT2D eigenvalue weighted by Gasteiger charge is -2.04. The van der Waals surface area contributed by atoms with Crippen molar-refractivity contribution in [1.82, 2.24) is 4.98 Å². The second-order valence-corrected chi connectivity index (χ2v) is 3.68. The Morgan fingerprint density at radius 1 is 1.36 bits per heavy atom. The molecule has 0 bridgehead atoms. The number of rotatable bonds is 1. The fourth-order valence-electron chi connectivity index (χ4n) is 1.31. The Morgan fingerprint density at radius 3 is 2.09 bits per heavy atom. The van der Waals surface area contributed by atoms with Crippen LogP contribution in [0.3, 0.4) is 0 Å². The molecule has 1 aromatic heterocycles. The standard InChI is InChI=1S/C8H13BrN2/c1-4(10)7-5(2)11-6(3)8(7)9/h4,11H,10H2,1-3H3. The summed E-state index contributed by atoms with van der Waals surface area (Å²) in [4.78, 5) is 3.23. The smallest absolute Gasteiger partial charge is 0.0430 e. The lowest BCUT2D eigenvalue weighted by molar-refractivity contribution is 0.806. The predicted octanol–water partition coefficient (Wildman–Crippen LogP) is 2.41. The van der Waals surface area contributed by atoms with Crippen molar-refractivity contribution >= 4 is 15.9 Å². The zero-order chi connectivity index (χ0) is 8.59. The van der Waals surface area contributed by atoms with Gasteiger partial charge in [-0.2, -0.15) is 0 Å². The second-order valence-electron chi connectivity index (χ2n) is 2.89. The van der Waals surface area contributed by atoms with Crippen LogP contribution in [-0.2, 0) is 0 Å². The second kappa shape index (κ2) is 2.99. The maximum atomic E-state index is 5.78. The van der Waals surface area contributed by atoms with Crippen molar-refractivity contribution in [3.8, 4) is 0 Å². The molecule has 1 rings (SSSR count). The average Bonchev–Trinajstić information content (AvgIpc) is 2.07. The van der Waals surface area contributed by atoms with Gasteiger partial charge in [0.1, 0.15) is 0 Å². The molecular weight excluding hydrogens is 204 g/mol. The van der Waals surface area contributed by atoms with E-state index < -0.39 is 0 Å². The first-order chi connectivity index (χ1) is 5.04. The minimum absolute atomic E-state index is 0.0920. The van der Waals surface area contributed by atoms with Crippen molar-refractivity contribution in [3.63, 3.8) is 0 Å². The summed E-state index contributed by atoms with van der Waals surface area (Å²) in [6, 6.07) is 0.0920. The molecule has 0 saturated carbocycles. The van der Waals surface area contributed by atoms with Gasteiger partial charge < -0.3 is 10.7 Å². The quantitative estimate of drug-likeness (QED) is 0.745. The zero-order valence-electron chi connectivity index (χ0n) is 7.03. The molecule has 3 heteroatoms. The Labute approximate surface area is 75.3 Å². The highest BCUT2D eigenvalue weighted by Crippen LogP contribution is 2.28. The van der Waals surface area contributed by atoms with Crippen LogP contribution >= 0.6 is 15.9 Å². The van der Waals surface area contributed by atoms with Gasteiger partial charge >= 0.3 is 0 Å². The van der Waals surface area contributed by atoms with E-state index in [4.69, 9.17) is 5.73 Å². The Balaban J connectivity index is 3.22. The summed E-state index contributed by atoms with van der Waals surface area (Å²) < 4.78 is 1.12. The Hall–Kier alpha value is -0.280. The molecule has 0 radical (unpaired) electrons. The number of hydrogen-bond donors (Lipinski definition) is 2. The molecule has 0 saturated heterocycles. The van der Waals surface area contributed by atoms with Gasteiger partial charge in [-0.1, -0.05) is 0 Å². The summed E-state index contributed by atoms with van der Waals surface area (Å²) in [5, 5.41) is 0. The van der Waals surface area contributed by atoms with E-state index in [1.54, 1.807) is 0 Å². The Kier molecular flexibility index (Phi) is 2.40. The summed E-state index contributed by atoms with van der Waals surface area (Å²) in [5.41, 5.74) is 9.27. The highest BCUT2D eigenvalue weighted by molar-refractivity contribution is 9.10. The molecule has 1 unspecified atom stereocenters. The van der Waals surface area contributed by atoms with Crippen LogP contribution in [0.2, 0.25) is 0 Å². The highest BCUT2D eigenvalue weighted by Gasteiger charge is 2.12. The minimum Gasteiger partial charge on any atom is -0.361 e. The van der Waals surface area contributed by atoms with Crippen LogP contribution in [-0.4, -0.2) is 4.98 Å². The third-order valence-corrected chi connectivity index (χ3v) is 2.82. The number of hydrogen-bond acceptors (Lipinski definition) is 1. The van der Waals surface area contributed by atoms with Crippen molar-refractivity contribution in [2.45, 2.75) is 26.8 Å². The van der Waals surface area contributed by atoms with E-state index in [2.05, 4.69) is 20.9 Å². The molecule has 0 aliphatic rings. The zero-order valence-corrected chi connectivity index (χ0v) is 8.62. The van der Waals surface area contributed by atoms with Gasteiger partial charge in [-0.15, -0.1) is 0 Å². The largest absolute Gasteiger partial charge is 0.361 e. The lowest BCUT2D eigenvalue weighted by atomic mass is 10.1. The third kappa shape index (κ3) is 1.49. The molecule has 1 aromatic rings. The molecule has 0 aromatic carbocycles. The van der Waals surface area contributed by atoms with Crippen LogP contribution in [0, 0.1) is 13.8 Å². The number of H-pyrrole nitrogens is 1. The summed E-state index contributed by atoms with van der Waals surface area (Å²) in [6.07, 6.45) is 0. The molecule has 2 nitrogen and oxygen atoms in total. The SMILES string of the molecule is Cc1[nH]c(C)c(C(C)N)c1Br. The van der Waals surface area contributed by atoms with E-state index >= 15 is 0 Å². The lowest BCUT2D eigenvalue weighted by Crippen LogP contribution is -2.05. The number of nitrogens with two attached hydrogens (primary N) is 1. The Morgan fingerprint density at radius 2 is 1.91 bits per heavy atom. The van der Waals surface area contributed by atoms with Crippen molar-refractivity contribution in [3.05, 3.63) is 21.4 Å². The van der Waals surface area contributed by atoms with Crippen molar-refractivity contribution in [1.29, 1.82) is 0 Å². The molecule has 0 aliphatic carbocycles. The summed E-state index contributed by atoms with van der Waals surface area (Å²) in [6.45, 7) is 6.06. The fraction of sp³-hybridized carbons (Fsp3) is 0.500. The van der Waals surface area contributed by atoms with Crippen LogP contribution in [0.1, 0.15) is 29.9 Å². The van der Waals surface area contributed by atoms with E-state index in [1.807, 2.05) is 20.8 Å². The molecule has 0 spiro atoms. The monoisotopic (exact) mass is 216 g/mol. The van der Waals surface area contributed by atoms with Crippen molar-refractivity contribution < 1.29 is 0 Å². The number of nitrogens with one attached hydrogen (secondary N) is 1. The fourth-order valence-corrected chi connectivity index (χ4v) is 2.07. The number of aromatic amines is 1. The molecule has 11 heavy (non-hydrogen) atoms. The summed E-state index contributed by atoms with van der Waals surface area (Å²) in [7, 11) is 0. The van der Waals surface area contributed by atoms with Gasteiger partial charge in [0.2, 0.25) is 0 Å². The van der Waals surface area contributed by atoms with E-state index in [0.717, 1.165) is 15.9 Å². The molecular formula is C8H13BrN2. The molecule has 0 aliphatic heterocycles. The van der Waals surface area contributed by atoms with E-state index in [0.29, 0.717) is 0 Å². The van der Waals surface area contributed by atoms with Crippen LogP contribution in [0.4, 0.5) is 0 Å². The normalized spacial score (nSPS) is 13.5. The number of halogens is 1. The van der Waals surface area contributed by atoms with Crippen molar-refractivity contribution in [2.24, 2.45) is 5.73 Å². The van der Waals surface area contributed by atoms with E-state index in [9.17, 15) is 0 Å².